The zero-order valence-electron chi connectivity index (χ0n) is 11.2. The summed E-state index contributed by atoms with van der Waals surface area (Å²) in [6, 6.07) is 7.12. The van der Waals surface area contributed by atoms with Crippen molar-refractivity contribution in [2.24, 2.45) is 5.92 Å². The summed E-state index contributed by atoms with van der Waals surface area (Å²) in [6.45, 7) is 6.17. The van der Waals surface area contributed by atoms with Crippen molar-refractivity contribution in [1.82, 2.24) is 5.32 Å². The molecule has 0 bridgehead atoms. The molecular formula is C15H22BrNO. The Morgan fingerprint density at radius 2 is 2.17 bits per heavy atom. The number of benzene rings is 1. The second kappa shape index (κ2) is 6.58. The first-order valence-electron chi connectivity index (χ1n) is 6.80. The Morgan fingerprint density at radius 3 is 2.78 bits per heavy atom. The van der Waals surface area contributed by atoms with Crippen LogP contribution in [0.2, 0.25) is 0 Å². The first-order chi connectivity index (χ1) is 8.65. The number of hydrogen-bond donors (Lipinski definition) is 1. The molecule has 18 heavy (non-hydrogen) atoms. The average Bonchev–Trinajstić information content (AvgIpc) is 3.12. The van der Waals surface area contributed by atoms with E-state index in [0.717, 1.165) is 35.8 Å². The van der Waals surface area contributed by atoms with Crippen molar-refractivity contribution in [2.75, 3.05) is 6.61 Å². The second-order valence-electron chi connectivity index (χ2n) is 5.45. The van der Waals surface area contributed by atoms with Crippen LogP contribution < -0.4 is 10.1 Å². The lowest BCUT2D eigenvalue weighted by molar-refractivity contribution is 0.288. The number of ether oxygens (including phenoxy) is 1. The second-order valence-corrected chi connectivity index (χ2v) is 6.31. The van der Waals surface area contributed by atoms with E-state index < -0.39 is 0 Å². The van der Waals surface area contributed by atoms with E-state index in [4.69, 9.17) is 4.74 Å². The van der Waals surface area contributed by atoms with E-state index in [9.17, 15) is 0 Å². The zero-order valence-corrected chi connectivity index (χ0v) is 12.8. The highest BCUT2D eigenvalue weighted by Crippen LogP contribution is 2.27. The molecule has 0 heterocycles. The van der Waals surface area contributed by atoms with E-state index in [-0.39, 0.29) is 0 Å². The number of halogens is 1. The van der Waals surface area contributed by atoms with E-state index in [2.05, 4.69) is 53.3 Å². The molecule has 1 aromatic carbocycles. The molecule has 1 aliphatic carbocycles. The molecule has 0 aromatic heterocycles. The van der Waals surface area contributed by atoms with Gasteiger partial charge in [-0.25, -0.2) is 0 Å². The van der Waals surface area contributed by atoms with E-state index in [1.54, 1.807) is 0 Å². The Hall–Kier alpha value is -0.540. The number of nitrogens with one attached hydrogen (secondary N) is 1. The highest BCUT2D eigenvalue weighted by Gasteiger charge is 2.19. The van der Waals surface area contributed by atoms with Crippen molar-refractivity contribution in [1.29, 1.82) is 0 Å². The van der Waals surface area contributed by atoms with Crippen LogP contribution in [-0.4, -0.2) is 12.6 Å². The molecule has 0 amide bonds. The fourth-order valence-electron chi connectivity index (χ4n) is 1.73. The zero-order chi connectivity index (χ0) is 13.0. The van der Waals surface area contributed by atoms with Crippen LogP contribution in [-0.2, 0) is 6.54 Å². The number of hydrogen-bond acceptors (Lipinski definition) is 2. The normalized spacial score (nSPS) is 15.1. The van der Waals surface area contributed by atoms with E-state index in [1.165, 1.54) is 18.4 Å². The predicted molar refractivity (Wildman–Crippen MR) is 79.0 cm³/mol. The lowest BCUT2D eigenvalue weighted by Gasteiger charge is -2.11. The molecule has 0 spiro atoms. The van der Waals surface area contributed by atoms with Crippen molar-refractivity contribution < 1.29 is 4.74 Å². The third-order valence-electron chi connectivity index (χ3n) is 3.12. The summed E-state index contributed by atoms with van der Waals surface area (Å²) >= 11 is 3.58. The molecule has 1 aliphatic rings. The van der Waals surface area contributed by atoms with Crippen LogP contribution >= 0.6 is 15.9 Å². The molecule has 2 nitrogen and oxygen atoms in total. The molecular weight excluding hydrogens is 290 g/mol. The van der Waals surface area contributed by atoms with Crippen LogP contribution in [0.5, 0.6) is 5.75 Å². The third-order valence-corrected chi connectivity index (χ3v) is 3.74. The van der Waals surface area contributed by atoms with Gasteiger partial charge in [0, 0.05) is 12.6 Å². The maximum atomic E-state index is 5.77. The minimum absolute atomic E-state index is 0.686. The van der Waals surface area contributed by atoms with Gasteiger partial charge in [-0.1, -0.05) is 19.9 Å². The van der Waals surface area contributed by atoms with Crippen molar-refractivity contribution >= 4 is 15.9 Å². The molecule has 0 aliphatic heterocycles. The van der Waals surface area contributed by atoms with Gasteiger partial charge in [0.25, 0.3) is 0 Å². The molecule has 0 unspecified atom stereocenters. The molecule has 3 heteroatoms. The summed E-state index contributed by atoms with van der Waals surface area (Å²) in [5, 5.41) is 3.52. The fourth-order valence-corrected chi connectivity index (χ4v) is 2.27. The Labute approximate surface area is 118 Å². The molecule has 0 atom stereocenters. The summed E-state index contributed by atoms with van der Waals surface area (Å²) in [6.07, 6.45) is 3.76. The molecule has 1 N–H and O–H groups in total. The Kier molecular flexibility index (Phi) is 5.07. The van der Waals surface area contributed by atoms with E-state index >= 15 is 0 Å². The van der Waals surface area contributed by atoms with Crippen LogP contribution in [0, 0.1) is 5.92 Å². The topological polar surface area (TPSA) is 21.3 Å². The first kappa shape index (κ1) is 13.9. The molecule has 1 fully saturated rings. The summed E-state index contributed by atoms with van der Waals surface area (Å²) in [7, 11) is 0. The van der Waals surface area contributed by atoms with Crippen LogP contribution in [0.1, 0.15) is 38.7 Å². The van der Waals surface area contributed by atoms with Crippen LogP contribution in [0.25, 0.3) is 0 Å². The molecule has 100 valence electrons. The Morgan fingerprint density at radius 1 is 1.39 bits per heavy atom. The van der Waals surface area contributed by atoms with Crippen LogP contribution in [0.15, 0.2) is 22.7 Å². The quantitative estimate of drug-likeness (QED) is 0.817. The van der Waals surface area contributed by atoms with E-state index in [1.807, 2.05) is 0 Å². The van der Waals surface area contributed by atoms with Crippen LogP contribution in [0.4, 0.5) is 0 Å². The first-order valence-corrected chi connectivity index (χ1v) is 7.59. The summed E-state index contributed by atoms with van der Waals surface area (Å²) in [5.41, 5.74) is 1.31. The maximum absolute atomic E-state index is 5.77. The summed E-state index contributed by atoms with van der Waals surface area (Å²) in [4.78, 5) is 0. The van der Waals surface area contributed by atoms with Crippen molar-refractivity contribution in [2.45, 2.75) is 45.7 Å². The van der Waals surface area contributed by atoms with Gasteiger partial charge in [-0.3, -0.25) is 0 Å². The van der Waals surface area contributed by atoms with Gasteiger partial charge in [0.15, 0.2) is 0 Å². The van der Waals surface area contributed by atoms with Gasteiger partial charge in [0.05, 0.1) is 11.1 Å². The maximum Gasteiger partial charge on any atom is 0.133 e. The summed E-state index contributed by atoms with van der Waals surface area (Å²) < 4.78 is 6.83. The summed E-state index contributed by atoms with van der Waals surface area (Å²) in [5.74, 6) is 1.64. The third kappa shape index (κ3) is 4.62. The monoisotopic (exact) mass is 311 g/mol. The molecule has 0 radical (unpaired) electrons. The predicted octanol–water partition coefficient (Wildman–Crippen LogP) is 4.13. The Bertz CT molecular complexity index is 388. The molecule has 0 saturated heterocycles. The largest absolute Gasteiger partial charge is 0.492 e. The number of rotatable bonds is 7. The highest BCUT2D eigenvalue weighted by molar-refractivity contribution is 9.10. The van der Waals surface area contributed by atoms with Gasteiger partial charge in [0.1, 0.15) is 5.75 Å². The van der Waals surface area contributed by atoms with Gasteiger partial charge < -0.3 is 10.1 Å². The lowest BCUT2D eigenvalue weighted by Crippen LogP contribution is -2.15. The minimum Gasteiger partial charge on any atom is -0.492 e. The van der Waals surface area contributed by atoms with Gasteiger partial charge in [-0.15, -0.1) is 0 Å². The molecule has 1 aromatic rings. The van der Waals surface area contributed by atoms with E-state index in [0.29, 0.717) is 5.92 Å². The Balaban J connectivity index is 1.83. The van der Waals surface area contributed by atoms with Gasteiger partial charge in [0.2, 0.25) is 0 Å². The smallest absolute Gasteiger partial charge is 0.133 e. The van der Waals surface area contributed by atoms with Crippen molar-refractivity contribution in [3.8, 4) is 5.75 Å². The minimum atomic E-state index is 0.686. The van der Waals surface area contributed by atoms with Gasteiger partial charge in [-0.05, 0) is 58.8 Å². The van der Waals surface area contributed by atoms with Crippen molar-refractivity contribution in [3.63, 3.8) is 0 Å². The molecule has 1 saturated carbocycles. The lowest BCUT2D eigenvalue weighted by atomic mass is 10.1. The van der Waals surface area contributed by atoms with Crippen LogP contribution in [0.3, 0.4) is 0 Å². The fraction of sp³-hybridized carbons (Fsp3) is 0.600. The highest BCUT2D eigenvalue weighted by atomic mass is 79.9. The van der Waals surface area contributed by atoms with Gasteiger partial charge in [-0.2, -0.15) is 0 Å². The van der Waals surface area contributed by atoms with Gasteiger partial charge >= 0.3 is 0 Å². The standard InChI is InChI=1S/C15H22BrNO/c1-11(2)7-8-18-15-6-3-12(9-14(15)16)10-17-13-4-5-13/h3,6,9,11,13,17H,4-5,7-8,10H2,1-2H3. The molecule has 2 rings (SSSR count). The van der Waals surface area contributed by atoms with Crippen molar-refractivity contribution in [3.05, 3.63) is 28.2 Å². The average molecular weight is 312 g/mol. The SMILES string of the molecule is CC(C)CCOc1ccc(CNC2CC2)cc1Br.